The van der Waals surface area contributed by atoms with Crippen molar-refractivity contribution in [1.82, 2.24) is 10.2 Å². The first-order valence-corrected chi connectivity index (χ1v) is 9.94. The maximum atomic E-state index is 13.1. The Labute approximate surface area is 166 Å². The lowest BCUT2D eigenvalue weighted by molar-refractivity contribution is -0.127. The van der Waals surface area contributed by atoms with Crippen LogP contribution >= 0.6 is 0 Å². The molecule has 1 aliphatic rings. The number of carbonyl (C=O) groups excluding carboxylic acids is 1. The minimum atomic E-state index is -0.256. The molecule has 0 bridgehead atoms. The molecule has 4 rings (SSSR count). The predicted molar refractivity (Wildman–Crippen MR) is 110 cm³/mol. The van der Waals surface area contributed by atoms with Gasteiger partial charge in [-0.1, -0.05) is 60.7 Å². The van der Waals surface area contributed by atoms with Crippen molar-refractivity contribution in [3.05, 3.63) is 95.9 Å². The highest BCUT2D eigenvalue weighted by atomic mass is 16.3. The summed E-state index contributed by atoms with van der Waals surface area (Å²) in [6, 6.07) is 24.0. The average Bonchev–Trinajstić information content (AvgIpc) is 3.28. The summed E-state index contributed by atoms with van der Waals surface area (Å²) in [5.41, 5.74) is 2.32. The number of nitrogens with zero attached hydrogens (tertiary/aromatic N) is 1. The molecule has 4 heteroatoms. The van der Waals surface area contributed by atoms with E-state index in [1.54, 1.807) is 6.26 Å². The number of rotatable bonds is 6. The van der Waals surface area contributed by atoms with E-state index in [4.69, 9.17) is 4.42 Å². The maximum Gasteiger partial charge on any atom is 0.225 e. The highest BCUT2D eigenvalue weighted by Gasteiger charge is 2.28. The molecule has 28 heavy (non-hydrogen) atoms. The van der Waals surface area contributed by atoms with Crippen LogP contribution < -0.4 is 5.32 Å². The Hall–Kier alpha value is -2.85. The van der Waals surface area contributed by atoms with E-state index in [2.05, 4.69) is 34.5 Å². The highest BCUT2D eigenvalue weighted by molar-refractivity contribution is 5.79. The zero-order chi connectivity index (χ0) is 19.2. The van der Waals surface area contributed by atoms with E-state index >= 15 is 0 Å². The topological polar surface area (TPSA) is 45.5 Å². The molecular formula is C24H26N2O2. The first-order valence-electron chi connectivity index (χ1n) is 9.94. The van der Waals surface area contributed by atoms with Crippen LogP contribution in [0, 0.1) is 5.92 Å². The van der Waals surface area contributed by atoms with Gasteiger partial charge in [-0.05, 0) is 42.6 Å². The van der Waals surface area contributed by atoms with E-state index in [9.17, 15) is 4.79 Å². The van der Waals surface area contributed by atoms with Crippen molar-refractivity contribution in [3.8, 4) is 0 Å². The first-order chi connectivity index (χ1) is 13.8. The second kappa shape index (κ2) is 8.89. The van der Waals surface area contributed by atoms with E-state index in [-0.39, 0.29) is 17.9 Å². The monoisotopic (exact) mass is 374 g/mol. The van der Waals surface area contributed by atoms with Crippen LogP contribution in [0.1, 0.15) is 35.8 Å². The number of piperidine rings is 1. The lowest BCUT2D eigenvalue weighted by Crippen LogP contribution is -2.43. The fourth-order valence-corrected chi connectivity index (χ4v) is 3.93. The molecule has 1 amide bonds. The van der Waals surface area contributed by atoms with Gasteiger partial charge in [0, 0.05) is 13.1 Å². The van der Waals surface area contributed by atoms with Crippen LogP contribution in [0.3, 0.4) is 0 Å². The summed E-state index contributed by atoms with van der Waals surface area (Å²) >= 11 is 0. The Morgan fingerprint density at radius 1 is 1.04 bits per heavy atom. The van der Waals surface area contributed by atoms with Crippen LogP contribution in [-0.4, -0.2) is 23.9 Å². The first kappa shape index (κ1) is 18.5. The van der Waals surface area contributed by atoms with Gasteiger partial charge in [0.05, 0.1) is 12.2 Å². The van der Waals surface area contributed by atoms with Crippen molar-refractivity contribution in [3.63, 3.8) is 0 Å². The number of amides is 1. The number of benzene rings is 2. The molecule has 1 aromatic heterocycles. The Bertz CT molecular complexity index is 862. The number of carbonyl (C=O) groups is 1. The molecular weight excluding hydrogens is 348 g/mol. The summed E-state index contributed by atoms with van der Waals surface area (Å²) in [5, 5.41) is 3.23. The van der Waals surface area contributed by atoms with Gasteiger partial charge >= 0.3 is 0 Å². The molecule has 1 aliphatic heterocycles. The fourth-order valence-electron chi connectivity index (χ4n) is 3.93. The Morgan fingerprint density at radius 2 is 1.79 bits per heavy atom. The van der Waals surface area contributed by atoms with E-state index < -0.39 is 0 Å². The molecule has 2 aromatic carbocycles. The van der Waals surface area contributed by atoms with Gasteiger partial charge < -0.3 is 9.73 Å². The molecule has 2 atom stereocenters. The van der Waals surface area contributed by atoms with Crippen molar-refractivity contribution in [2.75, 3.05) is 13.1 Å². The smallest absolute Gasteiger partial charge is 0.225 e. The van der Waals surface area contributed by atoms with E-state index in [1.807, 2.05) is 48.5 Å². The highest BCUT2D eigenvalue weighted by Crippen LogP contribution is 2.25. The van der Waals surface area contributed by atoms with Crippen LogP contribution in [0.25, 0.3) is 0 Å². The summed E-state index contributed by atoms with van der Waals surface area (Å²) < 4.78 is 5.61. The van der Waals surface area contributed by atoms with Gasteiger partial charge in [0.2, 0.25) is 5.91 Å². The molecule has 0 aliphatic carbocycles. The van der Waals surface area contributed by atoms with Crippen LogP contribution in [-0.2, 0) is 11.3 Å². The van der Waals surface area contributed by atoms with Crippen molar-refractivity contribution in [2.45, 2.75) is 25.4 Å². The number of likely N-dealkylation sites (tertiary alicyclic amines) is 1. The number of hydrogen-bond donors (Lipinski definition) is 1. The van der Waals surface area contributed by atoms with Crippen LogP contribution in [0.4, 0.5) is 0 Å². The van der Waals surface area contributed by atoms with Gasteiger partial charge in [0.15, 0.2) is 0 Å². The summed E-state index contributed by atoms with van der Waals surface area (Å²) in [4.78, 5) is 15.5. The summed E-state index contributed by atoms with van der Waals surface area (Å²) in [6.07, 6.45) is 3.62. The summed E-state index contributed by atoms with van der Waals surface area (Å²) in [7, 11) is 0. The molecule has 1 fully saturated rings. The van der Waals surface area contributed by atoms with Gasteiger partial charge in [0.1, 0.15) is 11.8 Å². The van der Waals surface area contributed by atoms with Gasteiger partial charge in [0.25, 0.3) is 0 Å². The third-order valence-electron chi connectivity index (χ3n) is 5.37. The lowest BCUT2D eigenvalue weighted by Gasteiger charge is -2.32. The standard InChI is InChI=1S/C24H26N2O2/c27-24(21-13-7-15-26(18-21)17-19-9-3-1-4-10-19)25-23(22-14-8-16-28-22)20-11-5-2-6-12-20/h1-6,8-12,14,16,21,23H,7,13,15,17-18H2,(H,25,27). The SMILES string of the molecule is O=C(NC(c1ccccc1)c1ccco1)C1CCCN(Cc2ccccc2)C1. The summed E-state index contributed by atoms with van der Waals surface area (Å²) in [6.45, 7) is 2.73. The zero-order valence-corrected chi connectivity index (χ0v) is 16.0. The Kier molecular flexibility index (Phi) is 5.88. The van der Waals surface area contributed by atoms with Crippen molar-refractivity contribution in [1.29, 1.82) is 0 Å². The summed E-state index contributed by atoms with van der Waals surface area (Å²) in [5.74, 6) is 0.859. The van der Waals surface area contributed by atoms with Gasteiger partial charge in [-0.15, -0.1) is 0 Å². The van der Waals surface area contributed by atoms with Crippen molar-refractivity contribution in [2.24, 2.45) is 5.92 Å². The molecule has 1 saturated heterocycles. The minimum absolute atomic E-state index is 0.00126. The zero-order valence-electron chi connectivity index (χ0n) is 16.0. The molecule has 2 unspecified atom stereocenters. The molecule has 1 N–H and O–H groups in total. The molecule has 144 valence electrons. The quantitative estimate of drug-likeness (QED) is 0.696. The predicted octanol–water partition coefficient (Wildman–Crippen LogP) is 4.40. The van der Waals surface area contributed by atoms with Gasteiger partial charge in [-0.2, -0.15) is 0 Å². The molecule has 0 saturated carbocycles. The number of hydrogen-bond acceptors (Lipinski definition) is 3. The second-order valence-corrected chi connectivity index (χ2v) is 7.43. The number of nitrogens with one attached hydrogen (secondary N) is 1. The van der Waals surface area contributed by atoms with Crippen LogP contribution in [0.5, 0.6) is 0 Å². The van der Waals surface area contributed by atoms with E-state index in [1.165, 1.54) is 5.56 Å². The largest absolute Gasteiger partial charge is 0.467 e. The van der Waals surface area contributed by atoms with Crippen LogP contribution in [0.2, 0.25) is 0 Å². The molecule has 3 aromatic rings. The fraction of sp³-hybridized carbons (Fsp3) is 0.292. The third-order valence-corrected chi connectivity index (χ3v) is 5.37. The molecule has 2 heterocycles. The Balaban J connectivity index is 1.44. The van der Waals surface area contributed by atoms with E-state index in [0.29, 0.717) is 0 Å². The van der Waals surface area contributed by atoms with Crippen molar-refractivity contribution >= 4 is 5.91 Å². The van der Waals surface area contributed by atoms with Crippen molar-refractivity contribution < 1.29 is 9.21 Å². The average molecular weight is 374 g/mol. The maximum absolute atomic E-state index is 13.1. The van der Waals surface area contributed by atoms with Crippen LogP contribution in [0.15, 0.2) is 83.5 Å². The lowest BCUT2D eigenvalue weighted by atomic mass is 9.95. The van der Waals surface area contributed by atoms with Gasteiger partial charge in [-0.3, -0.25) is 9.69 Å². The van der Waals surface area contributed by atoms with Gasteiger partial charge in [-0.25, -0.2) is 0 Å². The third kappa shape index (κ3) is 4.52. The molecule has 0 radical (unpaired) electrons. The Morgan fingerprint density at radius 3 is 2.50 bits per heavy atom. The molecule has 4 nitrogen and oxygen atoms in total. The second-order valence-electron chi connectivity index (χ2n) is 7.43. The van der Waals surface area contributed by atoms with E-state index in [0.717, 1.165) is 43.8 Å². The number of furan rings is 1. The minimum Gasteiger partial charge on any atom is -0.467 e. The molecule has 0 spiro atoms. The normalized spacial score (nSPS) is 18.5.